The van der Waals surface area contributed by atoms with Crippen LogP contribution in [0.15, 0.2) is 180 Å². The number of hydrogen-bond acceptors (Lipinski definition) is 2. The van der Waals surface area contributed by atoms with Gasteiger partial charge in [-0.05, 0) is 74.8 Å². The normalized spacial score (nSPS) is 11.5. The maximum absolute atomic E-state index is 6.70. The molecule has 8 aromatic carbocycles. The molecule has 9 aromatic rings. The number of benzene rings is 8. The van der Waals surface area contributed by atoms with Crippen LogP contribution in [-0.4, -0.2) is 0 Å². The van der Waals surface area contributed by atoms with Crippen molar-refractivity contribution in [1.82, 2.24) is 0 Å². The van der Waals surface area contributed by atoms with Gasteiger partial charge in [0.2, 0.25) is 0 Å². The molecule has 0 N–H and O–H groups in total. The largest absolute Gasteiger partial charge is 0.454 e. The first-order chi connectivity index (χ1) is 22.8. The summed E-state index contributed by atoms with van der Waals surface area (Å²) in [6.07, 6.45) is 0. The van der Waals surface area contributed by atoms with Gasteiger partial charge in [-0.25, -0.2) is 0 Å². The number of nitrogens with zero attached hydrogens (tertiary/aromatic N) is 1. The van der Waals surface area contributed by atoms with Gasteiger partial charge >= 0.3 is 0 Å². The first-order valence-electron chi connectivity index (χ1n) is 15.7. The van der Waals surface area contributed by atoms with E-state index in [0.717, 1.165) is 50.1 Å². The third-order valence-corrected chi connectivity index (χ3v) is 9.00. The molecule has 0 unspecified atom stereocenters. The van der Waals surface area contributed by atoms with Gasteiger partial charge in [-0.15, -0.1) is 0 Å². The molecular weight excluding hydrogens is 558 g/mol. The van der Waals surface area contributed by atoms with Crippen LogP contribution in [0.4, 0.5) is 17.1 Å². The minimum atomic E-state index is 0.868. The number of para-hydroxylation sites is 2. The Bertz CT molecular complexity index is 2470. The predicted molar refractivity (Wildman–Crippen MR) is 194 cm³/mol. The van der Waals surface area contributed by atoms with E-state index < -0.39 is 0 Å². The van der Waals surface area contributed by atoms with Crippen LogP contribution in [0.1, 0.15) is 0 Å². The molecule has 0 bridgehead atoms. The Kier molecular flexibility index (Phi) is 6.17. The molecule has 0 amide bonds. The summed E-state index contributed by atoms with van der Waals surface area (Å²) in [4.78, 5) is 2.40. The Balaban J connectivity index is 1.41. The van der Waals surface area contributed by atoms with E-state index in [1.165, 1.54) is 32.7 Å². The molecule has 0 aliphatic heterocycles. The minimum absolute atomic E-state index is 0.868. The summed E-state index contributed by atoms with van der Waals surface area (Å²) in [5.74, 6) is 0. The highest BCUT2D eigenvalue weighted by Gasteiger charge is 2.23. The lowest BCUT2D eigenvalue weighted by Gasteiger charge is -2.28. The van der Waals surface area contributed by atoms with Crippen LogP contribution in [0.25, 0.3) is 65.7 Å². The van der Waals surface area contributed by atoms with Crippen LogP contribution in [0.5, 0.6) is 0 Å². The highest BCUT2D eigenvalue weighted by molar-refractivity contribution is 6.17. The van der Waals surface area contributed by atoms with Crippen LogP contribution in [0.3, 0.4) is 0 Å². The molecule has 0 aliphatic rings. The second-order valence-electron chi connectivity index (χ2n) is 11.8. The van der Waals surface area contributed by atoms with Crippen molar-refractivity contribution in [2.24, 2.45) is 0 Å². The van der Waals surface area contributed by atoms with E-state index in [9.17, 15) is 0 Å². The van der Waals surface area contributed by atoms with Gasteiger partial charge in [-0.1, -0.05) is 140 Å². The molecule has 0 aliphatic carbocycles. The zero-order valence-corrected chi connectivity index (χ0v) is 25.1. The summed E-state index contributed by atoms with van der Waals surface area (Å²) in [7, 11) is 0. The molecule has 0 spiro atoms. The zero-order valence-electron chi connectivity index (χ0n) is 25.1. The number of anilines is 3. The number of furan rings is 1. The van der Waals surface area contributed by atoms with Crippen LogP contribution >= 0.6 is 0 Å². The lowest BCUT2D eigenvalue weighted by atomic mass is 9.96. The Morgan fingerprint density at radius 1 is 0.348 bits per heavy atom. The molecule has 0 fully saturated rings. The molecule has 216 valence electrons. The van der Waals surface area contributed by atoms with Crippen molar-refractivity contribution in [3.8, 4) is 22.3 Å². The molecule has 0 atom stereocenters. The highest BCUT2D eigenvalue weighted by Crippen LogP contribution is 2.47. The fourth-order valence-electron chi connectivity index (χ4n) is 6.87. The zero-order chi connectivity index (χ0) is 30.5. The smallest absolute Gasteiger partial charge is 0.159 e. The van der Waals surface area contributed by atoms with Gasteiger partial charge in [0.15, 0.2) is 5.58 Å². The molecule has 46 heavy (non-hydrogen) atoms. The van der Waals surface area contributed by atoms with Crippen molar-refractivity contribution in [3.63, 3.8) is 0 Å². The van der Waals surface area contributed by atoms with Crippen molar-refractivity contribution in [3.05, 3.63) is 176 Å². The first-order valence-corrected chi connectivity index (χ1v) is 15.7. The SMILES string of the molecule is c1ccc(-c2cc(-c3ccccc3)cc(N(c3cc4ccccc4c4ccccc34)c3cccc4c3oc3ccccc34)c2)cc1. The van der Waals surface area contributed by atoms with Crippen molar-refractivity contribution in [1.29, 1.82) is 0 Å². The van der Waals surface area contributed by atoms with E-state index in [1.54, 1.807) is 0 Å². The van der Waals surface area contributed by atoms with Crippen LogP contribution in [0, 0.1) is 0 Å². The van der Waals surface area contributed by atoms with Gasteiger partial charge in [0, 0.05) is 21.8 Å². The quantitative estimate of drug-likeness (QED) is 0.186. The average molecular weight is 588 g/mol. The Hall–Kier alpha value is -6.12. The Morgan fingerprint density at radius 3 is 1.63 bits per heavy atom. The molecule has 0 saturated carbocycles. The monoisotopic (exact) mass is 587 g/mol. The maximum atomic E-state index is 6.70. The topological polar surface area (TPSA) is 16.4 Å². The summed E-state index contributed by atoms with van der Waals surface area (Å²) >= 11 is 0. The van der Waals surface area contributed by atoms with Crippen molar-refractivity contribution >= 4 is 60.5 Å². The van der Waals surface area contributed by atoms with Crippen molar-refractivity contribution in [2.45, 2.75) is 0 Å². The number of hydrogen-bond donors (Lipinski definition) is 0. The van der Waals surface area contributed by atoms with Gasteiger partial charge in [-0.3, -0.25) is 0 Å². The lowest BCUT2D eigenvalue weighted by molar-refractivity contribution is 0.669. The molecule has 2 nitrogen and oxygen atoms in total. The van der Waals surface area contributed by atoms with E-state index in [1.807, 2.05) is 6.07 Å². The maximum Gasteiger partial charge on any atom is 0.159 e. The van der Waals surface area contributed by atoms with Crippen LogP contribution < -0.4 is 4.90 Å². The third kappa shape index (κ3) is 4.35. The minimum Gasteiger partial charge on any atom is -0.454 e. The standard InChI is InChI=1S/C44H29NO/c1-3-14-30(15-4-1)33-26-34(31-16-5-2-6-17-31)28-35(27-33)45(41-24-13-23-40-39-22-11-12-25-43(39)46-44(40)41)42-29-32-18-7-8-19-36(32)37-20-9-10-21-38(37)42/h1-29H. The molecular formula is C44H29NO. The van der Waals surface area contributed by atoms with Crippen LogP contribution in [-0.2, 0) is 0 Å². The van der Waals surface area contributed by atoms with Crippen molar-refractivity contribution < 1.29 is 4.42 Å². The number of rotatable bonds is 5. The highest BCUT2D eigenvalue weighted by atomic mass is 16.3. The van der Waals surface area contributed by atoms with Crippen LogP contribution in [0.2, 0.25) is 0 Å². The second kappa shape index (κ2) is 10.8. The van der Waals surface area contributed by atoms with Crippen molar-refractivity contribution in [2.75, 3.05) is 4.90 Å². The third-order valence-electron chi connectivity index (χ3n) is 9.00. The first kappa shape index (κ1) is 26.3. The Labute approximate surface area is 267 Å². The predicted octanol–water partition coefficient (Wildman–Crippen LogP) is 12.7. The average Bonchev–Trinajstić information content (AvgIpc) is 3.52. The summed E-state index contributed by atoms with van der Waals surface area (Å²) in [5, 5.41) is 7.06. The van der Waals surface area contributed by atoms with Gasteiger partial charge < -0.3 is 9.32 Å². The summed E-state index contributed by atoms with van der Waals surface area (Å²) < 4.78 is 6.70. The molecule has 9 rings (SSSR count). The lowest BCUT2D eigenvalue weighted by Crippen LogP contribution is -2.11. The molecule has 2 heteroatoms. The molecule has 0 radical (unpaired) electrons. The summed E-state index contributed by atoms with van der Waals surface area (Å²) in [5.41, 5.74) is 9.58. The number of fused-ring (bicyclic) bond motifs is 6. The summed E-state index contributed by atoms with van der Waals surface area (Å²) in [6.45, 7) is 0. The molecule has 1 aromatic heterocycles. The molecule has 0 saturated heterocycles. The van der Waals surface area contributed by atoms with E-state index >= 15 is 0 Å². The van der Waals surface area contributed by atoms with Gasteiger partial charge in [0.1, 0.15) is 5.58 Å². The fourth-order valence-corrected chi connectivity index (χ4v) is 6.87. The molecule has 1 heterocycles. The van der Waals surface area contributed by atoms with E-state index in [-0.39, 0.29) is 0 Å². The van der Waals surface area contributed by atoms with E-state index in [0.29, 0.717) is 0 Å². The summed E-state index contributed by atoms with van der Waals surface area (Å²) in [6, 6.07) is 62.8. The fraction of sp³-hybridized carbons (Fsp3) is 0. The van der Waals surface area contributed by atoms with Gasteiger partial charge in [0.25, 0.3) is 0 Å². The van der Waals surface area contributed by atoms with E-state index in [4.69, 9.17) is 4.42 Å². The second-order valence-corrected chi connectivity index (χ2v) is 11.8. The Morgan fingerprint density at radius 2 is 0.913 bits per heavy atom. The van der Waals surface area contributed by atoms with Gasteiger partial charge in [0.05, 0.1) is 11.4 Å². The van der Waals surface area contributed by atoms with Gasteiger partial charge in [-0.2, -0.15) is 0 Å². The van der Waals surface area contributed by atoms with E-state index in [2.05, 4.69) is 175 Å².